The number of aryl methyl sites for hydroxylation is 2. The Morgan fingerprint density at radius 2 is 1.66 bits per heavy atom. The van der Waals surface area contributed by atoms with Crippen molar-refractivity contribution in [2.75, 3.05) is 10.6 Å². The van der Waals surface area contributed by atoms with Gasteiger partial charge in [-0.25, -0.2) is 8.42 Å². The van der Waals surface area contributed by atoms with Gasteiger partial charge in [-0.05, 0) is 66.4 Å². The molecule has 1 amide bonds. The third kappa shape index (κ3) is 6.03. The first-order valence-electron chi connectivity index (χ1n) is 9.90. The number of hydrogen-bond donors (Lipinski definition) is 1. The lowest BCUT2D eigenvalue weighted by Gasteiger charge is -2.25. The lowest BCUT2D eigenvalue weighted by Crippen LogP contribution is -2.30. The Kier molecular flexibility index (Phi) is 7.49. The highest BCUT2D eigenvalue weighted by Gasteiger charge is 2.20. The molecular formula is C24H24Cl2N2O3S. The molecule has 3 rings (SSSR count). The van der Waals surface area contributed by atoms with Gasteiger partial charge in [-0.3, -0.25) is 9.10 Å². The highest BCUT2D eigenvalue weighted by atomic mass is 35.5. The molecule has 0 bridgehead atoms. The van der Waals surface area contributed by atoms with Crippen LogP contribution in [0.2, 0.25) is 10.0 Å². The van der Waals surface area contributed by atoms with E-state index in [4.69, 9.17) is 23.2 Å². The zero-order valence-corrected chi connectivity index (χ0v) is 20.4. The molecule has 0 atom stereocenters. The molecule has 0 radical (unpaired) electrons. The van der Waals surface area contributed by atoms with Crippen molar-refractivity contribution < 1.29 is 13.2 Å². The molecular weight excluding hydrogens is 467 g/mol. The first-order chi connectivity index (χ1) is 15.0. The molecule has 32 heavy (non-hydrogen) atoms. The van der Waals surface area contributed by atoms with E-state index in [1.807, 2.05) is 32.0 Å². The number of hydrogen-bond acceptors (Lipinski definition) is 3. The fourth-order valence-electron chi connectivity index (χ4n) is 3.24. The van der Waals surface area contributed by atoms with E-state index in [0.717, 1.165) is 22.3 Å². The number of carbonyl (C=O) groups is 1. The minimum Gasteiger partial charge on any atom is -0.348 e. The quantitative estimate of drug-likeness (QED) is 0.474. The van der Waals surface area contributed by atoms with E-state index in [2.05, 4.69) is 5.32 Å². The molecule has 0 aromatic heterocycles. The van der Waals surface area contributed by atoms with Crippen molar-refractivity contribution >= 4 is 44.8 Å². The summed E-state index contributed by atoms with van der Waals surface area (Å²) in [5, 5.41) is 3.85. The minimum absolute atomic E-state index is 0.172. The number of sulfonamides is 1. The highest BCUT2D eigenvalue weighted by Crippen LogP contribution is 2.26. The zero-order chi connectivity index (χ0) is 23.5. The Labute approximate surface area is 199 Å². The third-order valence-electron chi connectivity index (χ3n) is 5.03. The fourth-order valence-corrected chi connectivity index (χ4v) is 4.65. The average molecular weight is 491 g/mol. The summed E-state index contributed by atoms with van der Waals surface area (Å²) >= 11 is 12.0. The topological polar surface area (TPSA) is 66.5 Å². The summed E-state index contributed by atoms with van der Waals surface area (Å²) in [7, 11) is -3.50. The minimum atomic E-state index is -3.50. The van der Waals surface area contributed by atoms with Gasteiger partial charge in [0.15, 0.2) is 0 Å². The SMILES string of the molecule is Cc1ccc(C)c(N(Cc2ccc(C(=O)NCc3ccc(Cl)cc3Cl)cc2)S(C)(=O)=O)c1. The summed E-state index contributed by atoms with van der Waals surface area (Å²) in [4.78, 5) is 12.5. The number of amides is 1. The molecule has 0 unspecified atom stereocenters. The molecule has 5 nitrogen and oxygen atoms in total. The largest absolute Gasteiger partial charge is 0.348 e. The van der Waals surface area contributed by atoms with Gasteiger partial charge < -0.3 is 5.32 Å². The third-order valence-corrected chi connectivity index (χ3v) is 6.74. The molecule has 0 fully saturated rings. The molecule has 0 aliphatic carbocycles. The van der Waals surface area contributed by atoms with Crippen LogP contribution in [-0.4, -0.2) is 20.6 Å². The van der Waals surface area contributed by atoms with Crippen molar-refractivity contribution in [3.63, 3.8) is 0 Å². The number of carbonyl (C=O) groups excluding carboxylic acids is 1. The predicted octanol–water partition coefficient (Wildman–Crippen LogP) is 5.51. The van der Waals surface area contributed by atoms with Crippen molar-refractivity contribution in [2.45, 2.75) is 26.9 Å². The van der Waals surface area contributed by atoms with E-state index in [-0.39, 0.29) is 19.0 Å². The van der Waals surface area contributed by atoms with Crippen molar-refractivity contribution in [1.29, 1.82) is 0 Å². The average Bonchev–Trinajstić information content (AvgIpc) is 2.73. The van der Waals surface area contributed by atoms with Crippen LogP contribution in [0.4, 0.5) is 5.69 Å². The predicted molar refractivity (Wildman–Crippen MR) is 131 cm³/mol. The van der Waals surface area contributed by atoms with Gasteiger partial charge in [0, 0.05) is 22.2 Å². The number of nitrogens with one attached hydrogen (secondary N) is 1. The van der Waals surface area contributed by atoms with Crippen LogP contribution < -0.4 is 9.62 Å². The molecule has 0 spiro atoms. The Bertz CT molecular complexity index is 1240. The van der Waals surface area contributed by atoms with Crippen LogP contribution in [0.3, 0.4) is 0 Å². The van der Waals surface area contributed by atoms with Crippen molar-refractivity contribution in [3.05, 3.63) is 98.5 Å². The second-order valence-electron chi connectivity index (χ2n) is 7.67. The molecule has 3 aromatic rings. The molecule has 8 heteroatoms. The van der Waals surface area contributed by atoms with Crippen LogP contribution in [0, 0.1) is 13.8 Å². The number of nitrogens with zero attached hydrogens (tertiary/aromatic N) is 1. The maximum atomic E-state index is 12.5. The normalized spacial score (nSPS) is 11.3. The van der Waals surface area contributed by atoms with Gasteiger partial charge in [-0.1, -0.05) is 53.5 Å². The van der Waals surface area contributed by atoms with Crippen LogP contribution >= 0.6 is 23.2 Å². The fraction of sp³-hybridized carbons (Fsp3) is 0.208. The Hall–Kier alpha value is -2.54. The van der Waals surface area contributed by atoms with Crippen molar-refractivity contribution in [2.24, 2.45) is 0 Å². The van der Waals surface area contributed by atoms with E-state index < -0.39 is 10.0 Å². The zero-order valence-electron chi connectivity index (χ0n) is 18.0. The van der Waals surface area contributed by atoms with Gasteiger partial charge in [0.2, 0.25) is 10.0 Å². The Morgan fingerprint density at radius 1 is 0.969 bits per heavy atom. The summed E-state index contributed by atoms with van der Waals surface area (Å²) in [6.45, 7) is 4.25. The lowest BCUT2D eigenvalue weighted by atomic mass is 10.1. The monoisotopic (exact) mass is 490 g/mol. The molecule has 3 aromatic carbocycles. The summed E-state index contributed by atoms with van der Waals surface area (Å²) in [6.07, 6.45) is 1.19. The van der Waals surface area contributed by atoms with E-state index in [1.54, 1.807) is 42.5 Å². The van der Waals surface area contributed by atoms with Gasteiger partial charge >= 0.3 is 0 Å². The number of halogens is 2. The van der Waals surface area contributed by atoms with Crippen molar-refractivity contribution in [1.82, 2.24) is 5.32 Å². The second kappa shape index (κ2) is 9.94. The summed E-state index contributed by atoms with van der Waals surface area (Å²) in [6, 6.07) is 17.7. The number of benzene rings is 3. The van der Waals surface area contributed by atoms with Crippen LogP contribution in [0.25, 0.3) is 0 Å². The maximum Gasteiger partial charge on any atom is 0.251 e. The molecule has 0 saturated carbocycles. The molecule has 0 heterocycles. The lowest BCUT2D eigenvalue weighted by molar-refractivity contribution is 0.0951. The number of rotatable bonds is 7. The number of anilines is 1. The van der Waals surface area contributed by atoms with Gasteiger partial charge in [-0.15, -0.1) is 0 Å². The molecule has 0 saturated heterocycles. The molecule has 1 N–H and O–H groups in total. The summed E-state index contributed by atoms with van der Waals surface area (Å²) in [5.74, 6) is -0.253. The van der Waals surface area contributed by atoms with Gasteiger partial charge in [0.05, 0.1) is 18.5 Å². The Balaban J connectivity index is 1.73. The second-order valence-corrected chi connectivity index (χ2v) is 10.4. The van der Waals surface area contributed by atoms with E-state index in [9.17, 15) is 13.2 Å². The standard InChI is InChI=1S/C24H24Cl2N2O3S/c1-16-4-5-17(2)23(12-16)28(32(3,30)31)15-18-6-8-19(9-7-18)24(29)27-14-20-10-11-21(25)13-22(20)26/h4-13H,14-15H2,1-3H3,(H,27,29). The Morgan fingerprint density at radius 3 is 2.28 bits per heavy atom. The smallest absolute Gasteiger partial charge is 0.251 e. The highest BCUT2D eigenvalue weighted by molar-refractivity contribution is 7.92. The van der Waals surface area contributed by atoms with E-state index >= 15 is 0 Å². The maximum absolute atomic E-state index is 12.5. The summed E-state index contributed by atoms with van der Waals surface area (Å²) < 4.78 is 26.4. The first kappa shape index (κ1) is 24.1. The van der Waals surface area contributed by atoms with E-state index in [0.29, 0.717) is 21.3 Å². The van der Waals surface area contributed by atoms with Gasteiger partial charge in [0.25, 0.3) is 5.91 Å². The summed E-state index contributed by atoms with van der Waals surface area (Å²) in [5.41, 5.74) is 4.50. The van der Waals surface area contributed by atoms with Crippen LogP contribution in [0.1, 0.15) is 32.6 Å². The van der Waals surface area contributed by atoms with Crippen LogP contribution in [0.5, 0.6) is 0 Å². The molecule has 0 aliphatic heterocycles. The van der Waals surface area contributed by atoms with Crippen LogP contribution in [0.15, 0.2) is 60.7 Å². The molecule has 168 valence electrons. The van der Waals surface area contributed by atoms with Crippen molar-refractivity contribution in [3.8, 4) is 0 Å². The first-order valence-corrected chi connectivity index (χ1v) is 12.5. The van der Waals surface area contributed by atoms with Crippen LogP contribution in [-0.2, 0) is 23.1 Å². The van der Waals surface area contributed by atoms with E-state index in [1.165, 1.54) is 10.6 Å². The van der Waals surface area contributed by atoms with Gasteiger partial charge in [0.1, 0.15) is 0 Å². The van der Waals surface area contributed by atoms with Gasteiger partial charge in [-0.2, -0.15) is 0 Å². The molecule has 0 aliphatic rings.